The topological polar surface area (TPSA) is 259 Å². The number of carboxylic acid groups (broad SMARTS) is 2. The molecule has 19 heteroatoms. The van der Waals surface area contributed by atoms with Gasteiger partial charge in [-0.3, -0.25) is 24.1 Å². The van der Waals surface area contributed by atoms with Gasteiger partial charge < -0.3 is 40.8 Å². The van der Waals surface area contributed by atoms with Crippen molar-refractivity contribution < 1.29 is 58.5 Å². The number of nitrogens with one attached hydrogen (secondary N) is 1. The average molecular weight is 786 g/mol. The minimum absolute atomic E-state index is 0.0438. The highest BCUT2D eigenvalue weighted by Crippen LogP contribution is 2.50. The van der Waals surface area contributed by atoms with Gasteiger partial charge in [-0.25, -0.2) is 14.6 Å². The molecule has 288 valence electrons. The van der Waals surface area contributed by atoms with Gasteiger partial charge in [0.1, 0.15) is 17.9 Å². The summed E-state index contributed by atoms with van der Waals surface area (Å²) >= 11 is 2.45. The van der Waals surface area contributed by atoms with Crippen LogP contribution >= 0.6 is 23.1 Å². The highest BCUT2D eigenvalue weighted by molar-refractivity contribution is 8.00. The van der Waals surface area contributed by atoms with E-state index >= 15 is 0 Å². The molecule has 3 atom stereocenters. The summed E-state index contributed by atoms with van der Waals surface area (Å²) in [5.74, 6) is -7.11. The number of hydrogen-bond acceptors (Lipinski definition) is 14. The smallest absolute Gasteiger partial charge is 0.352 e. The predicted octanol–water partition coefficient (Wildman–Crippen LogP) is 1.94. The van der Waals surface area contributed by atoms with Crippen molar-refractivity contribution in [2.45, 2.75) is 62.7 Å². The first-order chi connectivity index (χ1) is 25.4. The van der Waals surface area contributed by atoms with E-state index in [9.17, 15) is 49.2 Å². The van der Waals surface area contributed by atoms with Crippen LogP contribution in [-0.4, -0.2) is 125 Å². The summed E-state index contributed by atoms with van der Waals surface area (Å²) < 4.78 is 0.621. The van der Waals surface area contributed by atoms with Crippen LogP contribution < -0.4 is 11.1 Å². The lowest BCUT2D eigenvalue weighted by Gasteiger charge is -2.56. The monoisotopic (exact) mass is 785 g/mol. The van der Waals surface area contributed by atoms with Crippen molar-refractivity contribution in [2.24, 2.45) is 16.5 Å². The Bertz CT molecular complexity index is 1980. The van der Waals surface area contributed by atoms with Gasteiger partial charge >= 0.3 is 11.9 Å². The standard InChI is InChI=1S/C35H40N6O11S2/c1-17-20(14-41-9-6-35(7-10-41,8-11-41)16-37-28(46)27(45)18-4-5-22(42)23(43)12-18)26(31(48)49)40-29(47)19(30(40)54-17)13-24(44)25(21-15-53-33(36)38-21)39-52-34(2,3)32(50)51/h4-5,12,15,17,19,30H,6-11,13-14,16H2,1-3H3,(H6-,36,37,38,39,42,43,44,45,46,48,49,50,51)/p+1/t17-,19+,30+,35?,41?/m0/s1. The van der Waals surface area contributed by atoms with Crippen LogP contribution in [0.2, 0.25) is 0 Å². The highest BCUT2D eigenvalue weighted by atomic mass is 32.2. The van der Waals surface area contributed by atoms with Crippen LogP contribution in [0, 0.1) is 11.3 Å². The lowest BCUT2D eigenvalue weighted by molar-refractivity contribution is -0.941. The molecule has 5 aliphatic rings. The minimum atomic E-state index is -1.77. The van der Waals surface area contributed by atoms with E-state index < -0.39 is 63.7 Å². The molecule has 0 radical (unpaired) electrons. The lowest BCUT2D eigenvalue weighted by Crippen LogP contribution is -2.66. The third-order valence-corrected chi connectivity index (χ3v) is 13.2. The number of oxime groups is 1. The second kappa shape index (κ2) is 14.3. The van der Waals surface area contributed by atoms with Gasteiger partial charge in [-0.05, 0) is 39.0 Å². The van der Waals surface area contributed by atoms with E-state index in [2.05, 4.69) is 15.5 Å². The van der Waals surface area contributed by atoms with E-state index in [0.29, 0.717) is 36.2 Å². The number of amides is 2. The van der Waals surface area contributed by atoms with Gasteiger partial charge in [-0.2, -0.15) is 0 Å². The van der Waals surface area contributed by atoms with E-state index in [4.69, 9.17) is 10.6 Å². The molecular formula is C35H41N6O11S2+. The minimum Gasteiger partial charge on any atom is -0.504 e. The number of aromatic nitrogens is 1. The molecule has 0 unspecified atom stereocenters. The number of fused-ring (bicyclic) bond motifs is 4. The zero-order valence-corrected chi connectivity index (χ0v) is 31.4. The molecule has 1 aromatic heterocycles. The van der Waals surface area contributed by atoms with Crippen LogP contribution in [0.15, 0.2) is 40.0 Å². The molecule has 0 saturated carbocycles. The van der Waals surface area contributed by atoms with Crippen LogP contribution in [0.4, 0.5) is 5.13 Å². The van der Waals surface area contributed by atoms with E-state index in [1.165, 1.54) is 42.0 Å². The van der Waals surface area contributed by atoms with Gasteiger partial charge in [-0.1, -0.05) is 5.16 Å². The van der Waals surface area contributed by atoms with Crippen molar-refractivity contribution in [1.82, 2.24) is 15.2 Å². The molecule has 17 nitrogen and oxygen atoms in total. The van der Waals surface area contributed by atoms with E-state index in [-0.39, 0.29) is 51.4 Å². The van der Waals surface area contributed by atoms with Gasteiger partial charge in [0.2, 0.25) is 17.3 Å². The number of carboxylic acids is 2. The first kappa shape index (κ1) is 38.7. The fraction of sp³-hybridized carbons (Fsp3) is 0.486. The number of aliphatic carboxylic acids is 2. The zero-order valence-electron chi connectivity index (χ0n) is 29.7. The number of nitrogens with zero attached hydrogens (tertiary/aromatic N) is 4. The first-order valence-corrected chi connectivity index (χ1v) is 19.1. The molecule has 0 spiro atoms. The summed E-state index contributed by atoms with van der Waals surface area (Å²) in [6, 6.07) is 3.44. The summed E-state index contributed by atoms with van der Waals surface area (Å²) in [5.41, 5.74) is 4.05. The number of anilines is 1. The molecule has 0 aliphatic carbocycles. The van der Waals surface area contributed by atoms with E-state index in [1.54, 1.807) is 0 Å². The number of phenols is 2. The Morgan fingerprint density at radius 3 is 2.35 bits per heavy atom. The number of piperidine rings is 3. The zero-order chi connectivity index (χ0) is 39.3. The second-order valence-corrected chi connectivity index (χ2v) is 17.2. The number of ketones is 2. The molecule has 7 rings (SSSR count). The third kappa shape index (κ3) is 7.26. The number of thiazole rings is 1. The third-order valence-electron chi connectivity index (χ3n) is 11.0. The molecule has 2 amide bonds. The molecule has 54 heavy (non-hydrogen) atoms. The summed E-state index contributed by atoms with van der Waals surface area (Å²) in [6.07, 6.45) is 1.86. The van der Waals surface area contributed by atoms with Gasteiger partial charge in [0.15, 0.2) is 28.1 Å². The van der Waals surface area contributed by atoms with Gasteiger partial charge in [0.25, 0.3) is 5.91 Å². The van der Waals surface area contributed by atoms with E-state index in [1.807, 2.05) is 6.92 Å². The number of phenolic OH excluding ortho intramolecular Hbond substituents is 2. The number of Topliss-reactive ketones (excluding diaryl/α,β-unsaturated/α-hetero) is 2. The molecule has 2 aromatic rings. The Labute approximate surface area is 317 Å². The lowest BCUT2D eigenvalue weighted by atomic mass is 9.70. The van der Waals surface area contributed by atoms with Crippen molar-refractivity contribution in [3.05, 3.63) is 46.1 Å². The second-order valence-electron chi connectivity index (χ2n) is 14.8. The number of nitrogen functional groups attached to an aromatic ring is 1. The van der Waals surface area contributed by atoms with E-state index in [0.717, 1.165) is 42.7 Å². The molecule has 7 N–H and O–H groups in total. The number of nitrogens with two attached hydrogens (primary N) is 1. The van der Waals surface area contributed by atoms with Crippen molar-refractivity contribution in [3.63, 3.8) is 0 Å². The fourth-order valence-electron chi connectivity index (χ4n) is 7.46. The molecule has 2 bridgehead atoms. The van der Waals surface area contributed by atoms with Crippen molar-refractivity contribution in [3.8, 4) is 11.5 Å². The number of thioether (sulfide) groups is 1. The molecular weight excluding hydrogens is 745 g/mol. The fourth-order valence-corrected chi connectivity index (χ4v) is 9.51. The quantitative estimate of drug-likeness (QED) is 0.0304. The number of carbonyl (C=O) groups is 6. The van der Waals surface area contributed by atoms with Crippen LogP contribution in [-0.2, 0) is 28.8 Å². The maximum Gasteiger partial charge on any atom is 0.352 e. The average Bonchev–Trinajstić information content (AvgIpc) is 3.57. The summed E-state index contributed by atoms with van der Waals surface area (Å²) in [5, 5.41) is 46.4. The molecule has 5 aliphatic heterocycles. The number of hydrogen-bond donors (Lipinski definition) is 6. The van der Waals surface area contributed by atoms with Crippen molar-refractivity contribution >= 4 is 69.3 Å². The van der Waals surface area contributed by atoms with Crippen LogP contribution in [0.1, 0.15) is 62.5 Å². The maximum atomic E-state index is 13.7. The summed E-state index contributed by atoms with van der Waals surface area (Å²) in [4.78, 5) is 87.5. The maximum absolute atomic E-state index is 13.7. The number of rotatable bonds is 14. The largest absolute Gasteiger partial charge is 0.504 e. The number of benzene rings is 1. The highest BCUT2D eigenvalue weighted by Gasteiger charge is 2.57. The Morgan fingerprint density at radius 2 is 1.78 bits per heavy atom. The van der Waals surface area contributed by atoms with Crippen molar-refractivity contribution in [1.29, 1.82) is 0 Å². The van der Waals surface area contributed by atoms with Gasteiger partial charge in [0, 0.05) is 59.4 Å². The van der Waals surface area contributed by atoms with Gasteiger partial charge in [0.05, 0.1) is 30.9 Å². The molecule has 1 aromatic carbocycles. The Hall–Kier alpha value is -5.01. The predicted molar refractivity (Wildman–Crippen MR) is 194 cm³/mol. The number of carbonyl (C=O) groups excluding carboxylic acids is 4. The first-order valence-electron chi connectivity index (χ1n) is 17.2. The summed E-state index contributed by atoms with van der Waals surface area (Å²) in [7, 11) is 0. The number of aromatic hydroxyl groups is 2. The Morgan fingerprint density at radius 1 is 1.11 bits per heavy atom. The number of β-lactam (4-membered cyclic amide) rings is 1. The van der Waals surface area contributed by atoms with Crippen LogP contribution in [0.25, 0.3) is 0 Å². The number of quaternary nitrogens is 1. The SMILES string of the molecule is C[C@@H]1S[C@@H]2[C@H](CC(=O)/C(=N\OC(C)(C)C(=O)O)c3csc(N)n3)C(=O)N2C(C(=O)O)=C1C[N+]12CCC(CNC(=O)C(=O)c3ccc(O)c(O)c3)(CC1)CC2. The summed E-state index contributed by atoms with van der Waals surface area (Å²) in [6.45, 7) is 7.25. The van der Waals surface area contributed by atoms with Crippen LogP contribution in [0.5, 0.6) is 11.5 Å². The molecule has 6 heterocycles. The Kier molecular flexibility index (Phi) is 10.3. The molecule has 4 fully saturated rings. The van der Waals surface area contributed by atoms with Crippen molar-refractivity contribution in [2.75, 3.05) is 38.5 Å². The normalized spacial score (nSPS) is 26.5. The molecule has 4 saturated heterocycles. The van der Waals surface area contributed by atoms with Gasteiger partial charge in [-0.15, -0.1) is 23.1 Å². The Balaban J connectivity index is 1.12. The van der Waals surface area contributed by atoms with Crippen LogP contribution in [0.3, 0.4) is 0 Å².